The number of aromatic nitrogens is 2. The average Bonchev–Trinajstić information content (AvgIpc) is 2.85. The lowest BCUT2D eigenvalue weighted by atomic mass is 9.76. The monoisotopic (exact) mass is 265 g/mol. The molecule has 0 aromatic carbocycles. The molecule has 0 aliphatic rings. The van der Waals surface area contributed by atoms with Crippen molar-refractivity contribution in [1.82, 2.24) is 15.1 Å². The van der Waals surface area contributed by atoms with E-state index in [1.807, 2.05) is 0 Å². The van der Waals surface area contributed by atoms with Gasteiger partial charge in [-0.3, -0.25) is 4.68 Å². The van der Waals surface area contributed by atoms with Crippen molar-refractivity contribution in [2.45, 2.75) is 65.8 Å². The van der Waals surface area contributed by atoms with Crippen LogP contribution in [0, 0.1) is 5.41 Å². The lowest BCUT2D eigenvalue weighted by Gasteiger charge is -2.32. The molecule has 1 atom stereocenters. The molecule has 0 radical (unpaired) electrons. The fraction of sp³-hybridized carbons (Fsp3) is 0.812. The highest BCUT2D eigenvalue weighted by Crippen LogP contribution is 2.32. The molecule has 1 rings (SSSR count). The van der Waals surface area contributed by atoms with Gasteiger partial charge in [-0.2, -0.15) is 5.10 Å². The molecular weight excluding hydrogens is 234 g/mol. The Hall–Kier alpha value is -0.830. The lowest BCUT2D eigenvalue weighted by Crippen LogP contribution is -2.34. The van der Waals surface area contributed by atoms with Crippen molar-refractivity contribution in [3.05, 3.63) is 18.0 Å². The molecule has 0 fully saturated rings. The van der Waals surface area contributed by atoms with Gasteiger partial charge in [0.25, 0.3) is 0 Å². The van der Waals surface area contributed by atoms with E-state index in [-0.39, 0.29) is 0 Å². The minimum Gasteiger partial charge on any atom is -0.319 e. The van der Waals surface area contributed by atoms with Crippen molar-refractivity contribution in [2.75, 3.05) is 13.6 Å². The van der Waals surface area contributed by atoms with Crippen molar-refractivity contribution in [3.8, 4) is 0 Å². The summed E-state index contributed by atoms with van der Waals surface area (Å²) in [6.07, 6.45) is 8.27. The second-order valence-electron chi connectivity index (χ2n) is 6.05. The Bertz CT molecular complexity index is 357. The van der Waals surface area contributed by atoms with Gasteiger partial charge in [0, 0.05) is 18.8 Å². The fourth-order valence-corrected chi connectivity index (χ4v) is 2.74. The zero-order valence-electron chi connectivity index (χ0n) is 13.4. The van der Waals surface area contributed by atoms with Gasteiger partial charge in [-0.1, -0.05) is 26.7 Å². The summed E-state index contributed by atoms with van der Waals surface area (Å²) < 4.78 is 2.06. The third kappa shape index (κ3) is 4.64. The summed E-state index contributed by atoms with van der Waals surface area (Å²) in [7, 11) is 2.06. The quantitative estimate of drug-likeness (QED) is 0.736. The van der Waals surface area contributed by atoms with Crippen LogP contribution in [-0.4, -0.2) is 23.4 Å². The number of rotatable bonds is 9. The smallest absolute Gasteiger partial charge is 0.0630 e. The van der Waals surface area contributed by atoms with E-state index in [9.17, 15) is 0 Å². The Labute approximate surface area is 118 Å². The molecule has 0 saturated carbocycles. The summed E-state index contributed by atoms with van der Waals surface area (Å²) in [5.41, 5.74) is 1.60. The zero-order chi connectivity index (χ0) is 14.3. The van der Waals surface area contributed by atoms with Gasteiger partial charge in [-0.05, 0) is 51.6 Å². The van der Waals surface area contributed by atoms with Crippen LogP contribution >= 0.6 is 0 Å². The second-order valence-corrected chi connectivity index (χ2v) is 6.05. The maximum absolute atomic E-state index is 4.72. The molecule has 19 heavy (non-hydrogen) atoms. The molecule has 0 aliphatic heterocycles. The van der Waals surface area contributed by atoms with Gasteiger partial charge in [0.05, 0.1) is 5.69 Å². The first-order chi connectivity index (χ1) is 9.06. The minimum absolute atomic E-state index is 0.362. The Morgan fingerprint density at radius 2 is 2.11 bits per heavy atom. The van der Waals surface area contributed by atoms with E-state index in [0.29, 0.717) is 11.5 Å². The van der Waals surface area contributed by atoms with E-state index in [0.717, 1.165) is 13.0 Å². The second kappa shape index (κ2) is 7.68. The third-order valence-corrected chi connectivity index (χ3v) is 4.11. The molecular formula is C16H31N3. The Morgan fingerprint density at radius 3 is 2.58 bits per heavy atom. The molecule has 3 heteroatoms. The third-order valence-electron chi connectivity index (χ3n) is 4.11. The van der Waals surface area contributed by atoms with Crippen molar-refractivity contribution in [3.63, 3.8) is 0 Å². The van der Waals surface area contributed by atoms with Crippen LogP contribution in [0.5, 0.6) is 0 Å². The van der Waals surface area contributed by atoms with Crippen LogP contribution in [0.25, 0.3) is 0 Å². The van der Waals surface area contributed by atoms with E-state index in [1.165, 1.54) is 31.4 Å². The van der Waals surface area contributed by atoms with Gasteiger partial charge < -0.3 is 5.32 Å². The summed E-state index contributed by atoms with van der Waals surface area (Å²) in [5.74, 6) is 0. The molecule has 0 bridgehead atoms. The molecule has 1 N–H and O–H groups in total. The maximum atomic E-state index is 4.72. The topological polar surface area (TPSA) is 29.9 Å². The molecule has 1 aromatic heterocycles. The molecule has 110 valence electrons. The number of nitrogens with one attached hydrogen (secondary N) is 1. The maximum Gasteiger partial charge on any atom is 0.0630 e. The normalized spacial score (nSPS) is 14.8. The first-order valence-corrected chi connectivity index (χ1v) is 7.75. The van der Waals surface area contributed by atoms with E-state index < -0.39 is 0 Å². The van der Waals surface area contributed by atoms with E-state index in [1.54, 1.807) is 0 Å². The Morgan fingerprint density at radius 1 is 1.37 bits per heavy atom. The summed E-state index contributed by atoms with van der Waals surface area (Å²) in [4.78, 5) is 0. The van der Waals surface area contributed by atoms with Gasteiger partial charge in [-0.25, -0.2) is 0 Å². The molecule has 0 aliphatic carbocycles. The van der Waals surface area contributed by atoms with Crippen molar-refractivity contribution in [1.29, 1.82) is 0 Å². The van der Waals surface area contributed by atoms with Crippen LogP contribution in [0.1, 0.15) is 65.1 Å². The highest BCUT2D eigenvalue weighted by atomic mass is 15.3. The summed E-state index contributed by atoms with van der Waals surface area (Å²) in [6.45, 7) is 10.0. The molecule has 1 unspecified atom stereocenters. The van der Waals surface area contributed by atoms with E-state index in [4.69, 9.17) is 5.10 Å². The van der Waals surface area contributed by atoms with Crippen LogP contribution in [0.2, 0.25) is 0 Å². The van der Waals surface area contributed by atoms with Gasteiger partial charge in [0.1, 0.15) is 0 Å². The van der Waals surface area contributed by atoms with Gasteiger partial charge in [-0.15, -0.1) is 0 Å². The summed E-state index contributed by atoms with van der Waals surface area (Å²) in [5, 5.41) is 8.11. The number of unbranched alkanes of at least 4 members (excludes halogenated alkanes) is 1. The van der Waals surface area contributed by atoms with Crippen molar-refractivity contribution >= 4 is 0 Å². The lowest BCUT2D eigenvalue weighted by molar-refractivity contribution is 0.232. The fourth-order valence-electron chi connectivity index (χ4n) is 2.74. The summed E-state index contributed by atoms with van der Waals surface area (Å²) in [6, 6.07) is 2.64. The molecule has 3 nitrogen and oxygen atoms in total. The van der Waals surface area contributed by atoms with Crippen LogP contribution in [0.3, 0.4) is 0 Å². The van der Waals surface area contributed by atoms with Crippen molar-refractivity contribution < 1.29 is 0 Å². The standard InChI is InChI=1S/C16H31N3/c1-6-8-10-16(7-2,13-17-5)12-15-9-11-19(18-15)14(3)4/h9,11,14,17H,6-8,10,12-13H2,1-5H3. The predicted octanol–water partition coefficient (Wildman–Crippen LogP) is 3.81. The number of hydrogen-bond acceptors (Lipinski definition) is 2. The van der Waals surface area contributed by atoms with Crippen LogP contribution in [-0.2, 0) is 6.42 Å². The zero-order valence-corrected chi connectivity index (χ0v) is 13.4. The molecule has 0 amide bonds. The van der Waals surface area contributed by atoms with E-state index >= 15 is 0 Å². The Kier molecular flexibility index (Phi) is 6.56. The van der Waals surface area contributed by atoms with Crippen molar-refractivity contribution in [2.24, 2.45) is 5.41 Å². The van der Waals surface area contributed by atoms with Crippen LogP contribution in [0.4, 0.5) is 0 Å². The van der Waals surface area contributed by atoms with E-state index in [2.05, 4.69) is 57.0 Å². The average molecular weight is 265 g/mol. The number of hydrogen-bond donors (Lipinski definition) is 1. The minimum atomic E-state index is 0.362. The van der Waals surface area contributed by atoms with Gasteiger partial charge in [0.15, 0.2) is 0 Å². The molecule has 0 spiro atoms. The first-order valence-electron chi connectivity index (χ1n) is 7.75. The largest absolute Gasteiger partial charge is 0.319 e. The molecule has 1 heterocycles. The highest BCUT2D eigenvalue weighted by molar-refractivity contribution is 5.04. The Balaban J connectivity index is 2.79. The predicted molar refractivity (Wildman–Crippen MR) is 82.5 cm³/mol. The van der Waals surface area contributed by atoms with Gasteiger partial charge >= 0.3 is 0 Å². The van der Waals surface area contributed by atoms with Gasteiger partial charge in [0.2, 0.25) is 0 Å². The number of nitrogens with zero attached hydrogens (tertiary/aromatic N) is 2. The van der Waals surface area contributed by atoms with Crippen LogP contribution < -0.4 is 5.32 Å². The summed E-state index contributed by atoms with van der Waals surface area (Å²) >= 11 is 0. The van der Waals surface area contributed by atoms with Crippen LogP contribution in [0.15, 0.2) is 12.3 Å². The molecule has 0 saturated heterocycles. The molecule has 1 aromatic rings. The first kappa shape index (κ1) is 16.2. The highest BCUT2D eigenvalue weighted by Gasteiger charge is 2.28. The SMILES string of the molecule is CCCCC(CC)(CNC)Cc1ccn(C(C)C)n1.